The van der Waals surface area contributed by atoms with Crippen LogP contribution in [0.4, 0.5) is 5.82 Å². The number of aromatic nitrogens is 2. The molecule has 0 spiro atoms. The van der Waals surface area contributed by atoms with Crippen LogP contribution in [0, 0.1) is 0 Å². The van der Waals surface area contributed by atoms with E-state index in [1.165, 1.54) is 0 Å². The molecule has 4 heteroatoms. The maximum absolute atomic E-state index is 6.13. The number of unbranched alkanes of at least 4 members (excludes halogenated alkanes) is 1. The zero-order chi connectivity index (χ0) is 13.1. The highest BCUT2D eigenvalue weighted by Gasteiger charge is 2.14. The Balaban J connectivity index is 2.44. The molecule has 0 aliphatic heterocycles. The monoisotopic (exact) mass is 307 g/mol. The summed E-state index contributed by atoms with van der Waals surface area (Å²) in [5, 5.41) is 4.53. The summed E-state index contributed by atoms with van der Waals surface area (Å²) in [6.45, 7) is 2.19. The first kappa shape index (κ1) is 13.1. The van der Waals surface area contributed by atoms with Gasteiger partial charge >= 0.3 is 0 Å². The Hall–Kier alpha value is -1.29. The lowest BCUT2D eigenvalue weighted by atomic mass is 10.0. The Morgan fingerprint density at radius 1 is 1.28 bits per heavy atom. The zero-order valence-electron chi connectivity index (χ0n) is 10.8. The summed E-state index contributed by atoms with van der Waals surface area (Å²) in [4.78, 5) is 0. The number of nitrogens with zero attached hydrogens (tertiary/aromatic N) is 2. The van der Waals surface area contributed by atoms with Crippen molar-refractivity contribution in [2.75, 3.05) is 5.73 Å². The van der Waals surface area contributed by atoms with E-state index < -0.39 is 0 Å². The first-order valence-corrected chi connectivity index (χ1v) is 7.00. The summed E-state index contributed by atoms with van der Waals surface area (Å²) in [5.74, 6) is 0.739. The molecular formula is C14H18BrN3. The average Bonchev–Trinajstić information content (AvgIpc) is 2.64. The van der Waals surface area contributed by atoms with Crippen LogP contribution in [-0.2, 0) is 13.5 Å². The number of hydrogen-bond donors (Lipinski definition) is 1. The van der Waals surface area contributed by atoms with E-state index >= 15 is 0 Å². The maximum atomic E-state index is 6.13. The van der Waals surface area contributed by atoms with Gasteiger partial charge in [-0.3, -0.25) is 4.68 Å². The van der Waals surface area contributed by atoms with Crippen molar-refractivity contribution in [3.8, 4) is 11.1 Å². The van der Waals surface area contributed by atoms with Crippen LogP contribution in [-0.4, -0.2) is 9.78 Å². The molecule has 1 aromatic carbocycles. The Bertz CT molecular complexity index is 529. The van der Waals surface area contributed by atoms with Crippen molar-refractivity contribution in [1.82, 2.24) is 9.78 Å². The first-order chi connectivity index (χ1) is 8.63. The van der Waals surface area contributed by atoms with E-state index in [1.54, 1.807) is 4.68 Å². The van der Waals surface area contributed by atoms with Crippen LogP contribution >= 0.6 is 15.9 Å². The molecule has 0 bridgehead atoms. The molecule has 2 N–H and O–H groups in total. The van der Waals surface area contributed by atoms with Gasteiger partial charge in [0.25, 0.3) is 0 Å². The van der Waals surface area contributed by atoms with Crippen LogP contribution in [0.3, 0.4) is 0 Å². The van der Waals surface area contributed by atoms with E-state index in [0.29, 0.717) is 0 Å². The summed E-state index contributed by atoms with van der Waals surface area (Å²) in [7, 11) is 1.90. The number of anilines is 1. The van der Waals surface area contributed by atoms with Crippen LogP contribution < -0.4 is 5.73 Å². The maximum Gasteiger partial charge on any atom is 0.129 e. The third kappa shape index (κ3) is 2.58. The lowest BCUT2D eigenvalue weighted by molar-refractivity contribution is 0.718. The van der Waals surface area contributed by atoms with Crippen LogP contribution in [0.15, 0.2) is 28.7 Å². The number of hydrogen-bond acceptors (Lipinski definition) is 2. The summed E-state index contributed by atoms with van der Waals surface area (Å²) in [6.07, 6.45) is 3.28. The first-order valence-electron chi connectivity index (χ1n) is 6.20. The molecule has 96 valence electrons. The molecule has 3 nitrogen and oxygen atoms in total. The Labute approximate surface area is 116 Å². The van der Waals surface area contributed by atoms with E-state index in [-0.39, 0.29) is 0 Å². The van der Waals surface area contributed by atoms with Crippen molar-refractivity contribution in [1.29, 1.82) is 0 Å². The van der Waals surface area contributed by atoms with Crippen molar-refractivity contribution in [3.63, 3.8) is 0 Å². The van der Waals surface area contributed by atoms with Gasteiger partial charge in [-0.15, -0.1) is 0 Å². The number of nitrogen functional groups attached to an aromatic ring is 1. The van der Waals surface area contributed by atoms with E-state index in [0.717, 1.165) is 46.4 Å². The van der Waals surface area contributed by atoms with Crippen LogP contribution in [0.25, 0.3) is 11.1 Å². The molecule has 0 aliphatic rings. The minimum atomic E-state index is 0.739. The normalized spacial score (nSPS) is 10.8. The highest BCUT2D eigenvalue weighted by Crippen LogP contribution is 2.31. The molecule has 18 heavy (non-hydrogen) atoms. The van der Waals surface area contributed by atoms with Gasteiger partial charge < -0.3 is 5.73 Å². The SMILES string of the molecule is CCCCc1nn(C)c(N)c1-c1ccc(Br)cc1. The molecule has 0 saturated heterocycles. The van der Waals surface area contributed by atoms with E-state index in [4.69, 9.17) is 5.73 Å². The predicted molar refractivity (Wildman–Crippen MR) is 79.4 cm³/mol. The fourth-order valence-electron chi connectivity index (χ4n) is 2.04. The second-order valence-corrected chi connectivity index (χ2v) is 5.36. The number of halogens is 1. The van der Waals surface area contributed by atoms with Gasteiger partial charge in [-0.25, -0.2) is 0 Å². The Morgan fingerprint density at radius 3 is 2.56 bits per heavy atom. The highest BCUT2D eigenvalue weighted by molar-refractivity contribution is 9.10. The van der Waals surface area contributed by atoms with Gasteiger partial charge in [-0.05, 0) is 30.5 Å². The molecule has 1 heterocycles. The van der Waals surface area contributed by atoms with Crippen molar-refractivity contribution in [3.05, 3.63) is 34.4 Å². The summed E-state index contributed by atoms with van der Waals surface area (Å²) in [6, 6.07) is 8.22. The van der Waals surface area contributed by atoms with E-state index in [2.05, 4.69) is 40.1 Å². The average molecular weight is 308 g/mol. The van der Waals surface area contributed by atoms with Crippen molar-refractivity contribution >= 4 is 21.7 Å². The molecule has 0 saturated carbocycles. The molecule has 0 amide bonds. The van der Waals surface area contributed by atoms with Gasteiger partial charge in [0.2, 0.25) is 0 Å². The second-order valence-electron chi connectivity index (χ2n) is 4.44. The number of rotatable bonds is 4. The summed E-state index contributed by atoms with van der Waals surface area (Å²) >= 11 is 3.45. The third-order valence-corrected chi connectivity index (χ3v) is 3.59. The molecule has 2 rings (SSSR count). The van der Waals surface area contributed by atoms with Gasteiger partial charge in [0, 0.05) is 17.1 Å². The third-order valence-electron chi connectivity index (χ3n) is 3.06. The highest BCUT2D eigenvalue weighted by atomic mass is 79.9. The van der Waals surface area contributed by atoms with Gasteiger partial charge in [-0.2, -0.15) is 5.10 Å². The molecule has 2 aromatic rings. The van der Waals surface area contributed by atoms with Crippen LogP contribution in [0.2, 0.25) is 0 Å². The Morgan fingerprint density at radius 2 is 1.94 bits per heavy atom. The number of nitrogens with two attached hydrogens (primary N) is 1. The lowest BCUT2D eigenvalue weighted by Crippen LogP contribution is -1.98. The predicted octanol–water partition coefficient (Wildman–Crippen LogP) is 3.77. The standard InChI is InChI=1S/C14H18BrN3/c1-3-4-5-12-13(14(16)18(2)17-12)10-6-8-11(15)9-7-10/h6-9H,3-5,16H2,1-2H3. The van der Waals surface area contributed by atoms with Crippen LogP contribution in [0.5, 0.6) is 0 Å². The number of benzene rings is 1. The summed E-state index contributed by atoms with van der Waals surface area (Å²) < 4.78 is 2.84. The van der Waals surface area contributed by atoms with Gasteiger partial charge in [0.15, 0.2) is 0 Å². The van der Waals surface area contributed by atoms with Gasteiger partial charge in [0.05, 0.1) is 5.69 Å². The number of aryl methyl sites for hydroxylation is 2. The fourth-order valence-corrected chi connectivity index (χ4v) is 2.31. The molecular weight excluding hydrogens is 290 g/mol. The van der Waals surface area contributed by atoms with Crippen LogP contribution in [0.1, 0.15) is 25.5 Å². The fraction of sp³-hybridized carbons (Fsp3) is 0.357. The van der Waals surface area contributed by atoms with Crippen molar-refractivity contribution in [2.24, 2.45) is 7.05 Å². The largest absolute Gasteiger partial charge is 0.383 e. The molecule has 0 radical (unpaired) electrons. The van der Waals surface area contributed by atoms with E-state index in [1.807, 2.05) is 19.2 Å². The Kier molecular flexibility index (Phi) is 4.07. The zero-order valence-corrected chi connectivity index (χ0v) is 12.4. The molecule has 1 aromatic heterocycles. The van der Waals surface area contributed by atoms with E-state index in [9.17, 15) is 0 Å². The quantitative estimate of drug-likeness (QED) is 0.934. The smallest absolute Gasteiger partial charge is 0.129 e. The molecule has 0 fully saturated rings. The molecule has 0 atom stereocenters. The molecule has 0 aliphatic carbocycles. The van der Waals surface area contributed by atoms with Crippen molar-refractivity contribution < 1.29 is 0 Å². The summed E-state index contributed by atoms with van der Waals surface area (Å²) in [5.41, 5.74) is 9.45. The molecule has 0 unspecified atom stereocenters. The minimum Gasteiger partial charge on any atom is -0.383 e. The van der Waals surface area contributed by atoms with Crippen molar-refractivity contribution in [2.45, 2.75) is 26.2 Å². The second kappa shape index (κ2) is 5.57. The van der Waals surface area contributed by atoms with Gasteiger partial charge in [0.1, 0.15) is 5.82 Å². The lowest BCUT2D eigenvalue weighted by Gasteiger charge is -2.04. The minimum absolute atomic E-state index is 0.739. The van der Waals surface area contributed by atoms with Gasteiger partial charge in [-0.1, -0.05) is 41.4 Å². The topological polar surface area (TPSA) is 43.8 Å².